The van der Waals surface area contributed by atoms with Crippen LogP contribution >= 0.6 is 18.2 Å². The fourth-order valence-corrected chi connectivity index (χ4v) is 3.84. The van der Waals surface area contributed by atoms with Crippen LogP contribution in [-0.4, -0.2) is 12.0 Å². The summed E-state index contributed by atoms with van der Waals surface area (Å²) in [4.78, 5) is 12.2. The van der Waals surface area contributed by atoms with E-state index in [1.807, 2.05) is 18.2 Å². The molecule has 0 bridgehead atoms. The molecular formula is C20H17ClF2NO4P. The Balaban J connectivity index is 1.63. The van der Waals surface area contributed by atoms with Crippen LogP contribution < -0.4 is 9.84 Å². The fraction of sp³-hybridized carbons (Fsp3) is 0.150. The molecule has 3 aromatic carbocycles. The molecule has 3 aromatic rings. The second-order valence-corrected chi connectivity index (χ2v) is 8.72. The van der Waals surface area contributed by atoms with Crippen LogP contribution in [0.25, 0.3) is 10.8 Å². The van der Waals surface area contributed by atoms with E-state index < -0.39 is 30.6 Å². The van der Waals surface area contributed by atoms with Crippen LogP contribution in [-0.2, 0) is 20.4 Å². The van der Waals surface area contributed by atoms with E-state index in [4.69, 9.17) is 20.3 Å². The van der Waals surface area contributed by atoms with Gasteiger partial charge in [-0.05, 0) is 24.4 Å². The Hall–Kier alpha value is -2.47. The van der Waals surface area contributed by atoms with Crippen molar-refractivity contribution in [3.63, 3.8) is 0 Å². The number of rotatable bonds is 7. The highest BCUT2D eigenvalue weighted by Gasteiger charge is 2.31. The van der Waals surface area contributed by atoms with Gasteiger partial charge >= 0.3 is 12.9 Å². The van der Waals surface area contributed by atoms with E-state index in [1.54, 1.807) is 24.3 Å². The maximum Gasteiger partial charge on any atom is 0.532 e. The number of benzene rings is 3. The Morgan fingerprint density at radius 2 is 1.86 bits per heavy atom. The maximum atomic E-state index is 13.7. The second-order valence-electron chi connectivity index (χ2n) is 6.25. The molecule has 3 rings (SSSR count). The van der Waals surface area contributed by atoms with E-state index in [2.05, 4.69) is 5.32 Å². The quantitative estimate of drug-likeness (QED) is 0.488. The van der Waals surface area contributed by atoms with Gasteiger partial charge in [-0.3, -0.25) is 0 Å². The highest BCUT2D eigenvalue weighted by Crippen LogP contribution is 2.54. The van der Waals surface area contributed by atoms with Gasteiger partial charge in [0.1, 0.15) is 23.4 Å². The van der Waals surface area contributed by atoms with Crippen LogP contribution in [0.3, 0.4) is 0 Å². The minimum Gasteiger partial charge on any atom is -0.404 e. The van der Waals surface area contributed by atoms with E-state index >= 15 is 0 Å². The number of nitrogens with one attached hydrogen (secondary N) is 1. The summed E-state index contributed by atoms with van der Waals surface area (Å²) in [5.41, 5.74) is 0.159. The third-order valence-electron chi connectivity index (χ3n) is 4.12. The van der Waals surface area contributed by atoms with Crippen LogP contribution in [0.2, 0.25) is 0 Å². The van der Waals surface area contributed by atoms with Crippen molar-refractivity contribution in [3.05, 3.63) is 77.9 Å². The van der Waals surface area contributed by atoms with E-state index in [1.165, 1.54) is 13.0 Å². The minimum atomic E-state index is -4.28. The molecule has 0 saturated carbocycles. The average molecular weight is 440 g/mol. The average Bonchev–Trinajstić information content (AvgIpc) is 2.66. The number of carbonyl (C=O) groups excluding carboxylic acids is 1. The van der Waals surface area contributed by atoms with Gasteiger partial charge in [0.25, 0.3) is 0 Å². The van der Waals surface area contributed by atoms with Gasteiger partial charge in [-0.1, -0.05) is 42.5 Å². The molecule has 152 valence electrons. The Bertz CT molecular complexity index is 1090. The Morgan fingerprint density at radius 3 is 2.62 bits per heavy atom. The Kier molecular flexibility index (Phi) is 6.52. The SMILES string of the molecule is C[C@H](NCc1ccc(F)cc1F)C(=O)OP(=O)(Cl)Oc1cccc2ccccc12. The molecule has 0 heterocycles. The largest absolute Gasteiger partial charge is 0.532 e. The summed E-state index contributed by atoms with van der Waals surface area (Å²) in [7, 11) is 0. The number of hydrogen-bond donors (Lipinski definition) is 1. The maximum absolute atomic E-state index is 13.7. The molecule has 0 aromatic heterocycles. The third kappa shape index (κ3) is 5.54. The van der Waals surface area contributed by atoms with E-state index in [-0.39, 0.29) is 17.9 Å². The van der Waals surface area contributed by atoms with Crippen molar-refractivity contribution in [2.75, 3.05) is 0 Å². The van der Waals surface area contributed by atoms with Gasteiger partial charge in [0.05, 0.1) is 0 Å². The lowest BCUT2D eigenvalue weighted by Crippen LogP contribution is -2.34. The van der Waals surface area contributed by atoms with Crippen LogP contribution in [0.5, 0.6) is 5.75 Å². The summed E-state index contributed by atoms with van der Waals surface area (Å²) in [6.07, 6.45) is 0. The van der Waals surface area contributed by atoms with Crippen LogP contribution in [0.4, 0.5) is 8.78 Å². The summed E-state index contributed by atoms with van der Waals surface area (Å²) in [5, 5.41) is 4.20. The zero-order valence-electron chi connectivity index (χ0n) is 15.3. The van der Waals surface area contributed by atoms with Gasteiger partial charge in [-0.25, -0.2) is 18.1 Å². The summed E-state index contributed by atoms with van der Waals surface area (Å²) in [6, 6.07) is 14.4. The lowest BCUT2D eigenvalue weighted by molar-refractivity contribution is -0.136. The third-order valence-corrected chi connectivity index (χ3v) is 5.35. The van der Waals surface area contributed by atoms with Crippen molar-refractivity contribution in [2.24, 2.45) is 0 Å². The standard InChI is InChI=1S/C20H17ClF2NO4P/c1-13(24-12-15-9-10-16(22)11-18(15)23)20(25)28-29(21,26)27-19-8-4-6-14-5-2-3-7-17(14)19/h2-11,13,24H,12H2,1H3/t13-,29?/m0/s1. The van der Waals surface area contributed by atoms with Gasteiger partial charge in [0.15, 0.2) is 0 Å². The van der Waals surface area contributed by atoms with Gasteiger partial charge < -0.3 is 14.4 Å². The second kappa shape index (κ2) is 8.91. The van der Waals surface area contributed by atoms with Crippen molar-refractivity contribution in [3.8, 4) is 5.75 Å². The molecule has 0 aliphatic carbocycles. The van der Waals surface area contributed by atoms with Crippen molar-refractivity contribution < 1.29 is 27.2 Å². The fourth-order valence-electron chi connectivity index (χ4n) is 2.61. The number of hydrogen-bond acceptors (Lipinski definition) is 5. The van der Waals surface area contributed by atoms with E-state index in [0.29, 0.717) is 5.39 Å². The molecule has 0 aliphatic rings. The molecule has 0 spiro atoms. The zero-order valence-corrected chi connectivity index (χ0v) is 16.9. The lowest BCUT2D eigenvalue weighted by atomic mass is 10.1. The minimum absolute atomic E-state index is 0.0703. The molecule has 1 N–H and O–H groups in total. The molecule has 5 nitrogen and oxygen atoms in total. The molecule has 0 amide bonds. The summed E-state index contributed by atoms with van der Waals surface area (Å²) >= 11 is 5.83. The van der Waals surface area contributed by atoms with Crippen LogP contribution in [0.1, 0.15) is 12.5 Å². The predicted octanol–water partition coefficient (Wildman–Crippen LogP) is 5.57. The van der Waals surface area contributed by atoms with Crippen molar-refractivity contribution >= 4 is 34.9 Å². The number of halogens is 3. The molecular weight excluding hydrogens is 423 g/mol. The molecule has 29 heavy (non-hydrogen) atoms. The van der Waals surface area contributed by atoms with Crippen LogP contribution in [0, 0.1) is 11.6 Å². The molecule has 0 fully saturated rings. The first-order valence-corrected chi connectivity index (χ1v) is 11.1. The molecule has 1 unspecified atom stereocenters. The van der Waals surface area contributed by atoms with E-state index in [9.17, 15) is 18.1 Å². The van der Waals surface area contributed by atoms with Crippen molar-refractivity contribution in [2.45, 2.75) is 19.5 Å². The summed E-state index contributed by atoms with van der Waals surface area (Å²) in [5.74, 6) is -2.18. The first-order chi connectivity index (χ1) is 13.7. The first-order valence-electron chi connectivity index (χ1n) is 8.63. The van der Waals surface area contributed by atoms with Gasteiger partial charge in [-0.15, -0.1) is 0 Å². The number of fused-ring (bicyclic) bond motifs is 1. The Morgan fingerprint density at radius 1 is 1.14 bits per heavy atom. The zero-order chi connectivity index (χ0) is 21.0. The lowest BCUT2D eigenvalue weighted by Gasteiger charge is -2.17. The smallest absolute Gasteiger partial charge is 0.404 e. The molecule has 9 heteroatoms. The Labute approximate surface area is 170 Å². The highest BCUT2D eigenvalue weighted by molar-refractivity contribution is 7.82. The van der Waals surface area contributed by atoms with Gasteiger partial charge in [-0.2, -0.15) is 0 Å². The first kappa shape index (κ1) is 21.2. The molecule has 0 radical (unpaired) electrons. The summed E-state index contributed by atoms with van der Waals surface area (Å²) in [6.45, 7) is -2.92. The molecule has 2 atom stereocenters. The van der Waals surface area contributed by atoms with Crippen molar-refractivity contribution in [1.82, 2.24) is 5.32 Å². The van der Waals surface area contributed by atoms with Gasteiger partial charge in [0, 0.05) is 34.8 Å². The van der Waals surface area contributed by atoms with Crippen LogP contribution in [0.15, 0.2) is 60.7 Å². The van der Waals surface area contributed by atoms with Gasteiger partial charge in [0.2, 0.25) is 0 Å². The normalized spacial score (nSPS) is 14.2. The molecule has 0 saturated heterocycles. The topological polar surface area (TPSA) is 64.6 Å². The number of carbonyl (C=O) groups is 1. The van der Waals surface area contributed by atoms with Crippen molar-refractivity contribution in [1.29, 1.82) is 0 Å². The van der Waals surface area contributed by atoms with E-state index in [0.717, 1.165) is 17.5 Å². The predicted molar refractivity (Wildman–Crippen MR) is 107 cm³/mol. The molecule has 0 aliphatic heterocycles. The highest BCUT2D eigenvalue weighted by atomic mass is 35.7. The monoisotopic (exact) mass is 439 g/mol. The summed E-state index contributed by atoms with van der Waals surface area (Å²) < 4.78 is 49.2.